The molecule has 0 saturated carbocycles. The zero-order valence-electron chi connectivity index (χ0n) is 8.98. The molecule has 0 saturated heterocycles. The predicted molar refractivity (Wildman–Crippen MR) is 61.2 cm³/mol. The smallest absolute Gasteiger partial charge is 0.452 e. The molecule has 1 N–H and O–H groups in total. The Morgan fingerprint density at radius 2 is 2.12 bits per heavy atom. The molecule has 2 unspecified atom stereocenters. The van der Waals surface area contributed by atoms with Crippen molar-refractivity contribution in [2.75, 3.05) is 6.61 Å². The zero-order valence-corrected chi connectivity index (χ0v) is 9.88. The highest BCUT2D eigenvalue weighted by molar-refractivity contribution is 7.32. The van der Waals surface area contributed by atoms with E-state index in [0.29, 0.717) is 5.56 Å². The SMILES string of the molecule is C=CC(=O)OC(CO[P+](=O)O)c1ccccc1. The number of hydrogen-bond acceptors (Lipinski definition) is 4. The number of carbonyl (C=O) groups excluding carboxylic acids is 1. The van der Waals surface area contributed by atoms with Crippen LogP contribution in [-0.4, -0.2) is 17.5 Å². The van der Waals surface area contributed by atoms with Crippen molar-refractivity contribution in [2.24, 2.45) is 0 Å². The summed E-state index contributed by atoms with van der Waals surface area (Å²) in [5.41, 5.74) is 0.680. The van der Waals surface area contributed by atoms with Crippen LogP contribution in [0.3, 0.4) is 0 Å². The summed E-state index contributed by atoms with van der Waals surface area (Å²) in [6.45, 7) is 3.09. The first-order valence-electron chi connectivity index (χ1n) is 4.80. The number of hydrogen-bond donors (Lipinski definition) is 1. The van der Waals surface area contributed by atoms with Crippen LogP contribution in [0.5, 0.6) is 0 Å². The summed E-state index contributed by atoms with van der Waals surface area (Å²) >= 11 is 0. The topological polar surface area (TPSA) is 72.8 Å². The van der Waals surface area contributed by atoms with Gasteiger partial charge in [-0.15, -0.1) is 9.42 Å². The lowest BCUT2D eigenvalue weighted by molar-refractivity contribution is -0.145. The Bertz CT molecular complexity index is 404. The van der Waals surface area contributed by atoms with Gasteiger partial charge in [-0.25, -0.2) is 4.79 Å². The molecule has 1 rings (SSSR count). The first-order chi connectivity index (χ1) is 8.13. The van der Waals surface area contributed by atoms with Crippen LogP contribution < -0.4 is 0 Å². The van der Waals surface area contributed by atoms with Crippen LogP contribution in [0.4, 0.5) is 0 Å². The van der Waals surface area contributed by atoms with Gasteiger partial charge in [0.2, 0.25) is 0 Å². The fourth-order valence-electron chi connectivity index (χ4n) is 1.19. The minimum atomic E-state index is -2.72. The van der Waals surface area contributed by atoms with Gasteiger partial charge < -0.3 is 4.74 Å². The highest BCUT2D eigenvalue weighted by atomic mass is 31.1. The second-order valence-corrected chi connectivity index (χ2v) is 3.81. The van der Waals surface area contributed by atoms with Gasteiger partial charge in [0.05, 0.1) is 0 Å². The van der Waals surface area contributed by atoms with Gasteiger partial charge in [0.25, 0.3) is 0 Å². The van der Waals surface area contributed by atoms with E-state index < -0.39 is 20.3 Å². The van der Waals surface area contributed by atoms with Crippen molar-refractivity contribution in [1.82, 2.24) is 0 Å². The van der Waals surface area contributed by atoms with Crippen LogP contribution >= 0.6 is 8.25 Å². The van der Waals surface area contributed by atoms with Crippen molar-refractivity contribution in [1.29, 1.82) is 0 Å². The Hall–Kier alpha value is -1.55. The second-order valence-electron chi connectivity index (χ2n) is 3.07. The average molecular weight is 255 g/mol. The quantitative estimate of drug-likeness (QED) is 0.479. The fraction of sp³-hybridized carbons (Fsp3) is 0.182. The van der Waals surface area contributed by atoms with Gasteiger partial charge in [0, 0.05) is 10.6 Å². The van der Waals surface area contributed by atoms with E-state index in [2.05, 4.69) is 11.1 Å². The average Bonchev–Trinajstić information content (AvgIpc) is 2.35. The highest BCUT2D eigenvalue weighted by Gasteiger charge is 2.22. The third kappa shape index (κ3) is 4.87. The van der Waals surface area contributed by atoms with Crippen LogP contribution in [0.25, 0.3) is 0 Å². The summed E-state index contributed by atoms with van der Waals surface area (Å²) in [7, 11) is -2.72. The number of benzene rings is 1. The van der Waals surface area contributed by atoms with E-state index in [0.717, 1.165) is 6.08 Å². The minimum absolute atomic E-state index is 0.185. The molecule has 5 nitrogen and oxygen atoms in total. The van der Waals surface area contributed by atoms with Gasteiger partial charge in [0.15, 0.2) is 6.10 Å². The van der Waals surface area contributed by atoms with Gasteiger partial charge in [-0.05, 0) is 5.56 Å². The van der Waals surface area contributed by atoms with Crippen LogP contribution in [0.2, 0.25) is 0 Å². The molecule has 0 fully saturated rings. The molecule has 0 aromatic heterocycles. The molecule has 0 spiro atoms. The van der Waals surface area contributed by atoms with E-state index in [1.165, 1.54) is 0 Å². The largest absolute Gasteiger partial charge is 0.694 e. The molecule has 6 heteroatoms. The normalized spacial score (nSPS) is 12.6. The molecule has 0 radical (unpaired) electrons. The second kappa shape index (κ2) is 6.91. The van der Waals surface area contributed by atoms with E-state index in [9.17, 15) is 9.36 Å². The van der Waals surface area contributed by atoms with E-state index in [1.54, 1.807) is 24.3 Å². The van der Waals surface area contributed by atoms with Crippen molar-refractivity contribution in [3.05, 3.63) is 48.6 Å². The van der Waals surface area contributed by atoms with E-state index in [-0.39, 0.29) is 6.61 Å². The van der Waals surface area contributed by atoms with Crippen molar-refractivity contribution >= 4 is 14.2 Å². The molecule has 2 atom stereocenters. The summed E-state index contributed by atoms with van der Waals surface area (Å²) in [5.74, 6) is -0.615. The Morgan fingerprint density at radius 3 is 2.65 bits per heavy atom. The van der Waals surface area contributed by atoms with E-state index >= 15 is 0 Å². The predicted octanol–water partition coefficient (Wildman–Crippen LogP) is 2.12. The summed E-state index contributed by atoms with van der Waals surface area (Å²) in [6.07, 6.45) is 0.294. The first kappa shape index (κ1) is 13.5. The number of carbonyl (C=O) groups is 1. The molecule has 0 aliphatic carbocycles. The standard InChI is InChI=1S/C11H11O5P/c1-2-11(12)16-10(8-15-17(13)14)9-6-4-3-5-7-9/h2-7,10H,1,8H2/p+1. The van der Waals surface area contributed by atoms with Crippen LogP contribution in [0, 0.1) is 0 Å². The molecule has 0 heterocycles. The Labute approximate surface area is 99.6 Å². The molecule has 0 aliphatic heterocycles. The maximum Gasteiger partial charge on any atom is 0.694 e. The monoisotopic (exact) mass is 255 g/mol. The third-order valence-corrected chi connectivity index (χ3v) is 2.30. The summed E-state index contributed by atoms with van der Waals surface area (Å²) in [5, 5.41) is 0. The maximum atomic E-state index is 11.1. The third-order valence-electron chi connectivity index (χ3n) is 1.93. The molecular formula is C11H12O5P+. The number of esters is 1. The summed E-state index contributed by atoms with van der Waals surface area (Å²) in [6, 6.07) is 8.80. The van der Waals surface area contributed by atoms with Gasteiger partial charge in [0.1, 0.15) is 6.61 Å². The number of ether oxygens (including phenoxy) is 1. The van der Waals surface area contributed by atoms with E-state index in [4.69, 9.17) is 9.63 Å². The van der Waals surface area contributed by atoms with Gasteiger partial charge in [-0.2, -0.15) is 0 Å². The summed E-state index contributed by atoms with van der Waals surface area (Å²) < 4.78 is 20.0. The Kier molecular flexibility index (Phi) is 5.49. The molecular weight excluding hydrogens is 243 g/mol. The maximum absolute atomic E-state index is 11.1. The lowest BCUT2D eigenvalue weighted by Crippen LogP contribution is -2.13. The van der Waals surface area contributed by atoms with Gasteiger partial charge in [-0.3, -0.25) is 0 Å². The molecule has 0 bridgehead atoms. The molecule has 1 aromatic rings. The highest BCUT2D eigenvalue weighted by Crippen LogP contribution is 2.23. The molecule has 90 valence electrons. The molecule has 17 heavy (non-hydrogen) atoms. The van der Waals surface area contributed by atoms with Crippen molar-refractivity contribution < 1.29 is 23.5 Å². The Morgan fingerprint density at radius 1 is 1.47 bits per heavy atom. The van der Waals surface area contributed by atoms with Gasteiger partial charge >= 0.3 is 14.2 Å². The zero-order chi connectivity index (χ0) is 12.7. The van der Waals surface area contributed by atoms with Gasteiger partial charge in [-0.1, -0.05) is 36.9 Å². The Balaban J connectivity index is 2.75. The van der Waals surface area contributed by atoms with E-state index in [1.807, 2.05) is 6.07 Å². The molecule has 0 aliphatic rings. The van der Waals surface area contributed by atoms with Crippen LogP contribution in [0.1, 0.15) is 11.7 Å². The summed E-state index contributed by atoms with van der Waals surface area (Å²) in [4.78, 5) is 19.7. The lowest BCUT2D eigenvalue weighted by atomic mass is 10.1. The number of rotatable bonds is 6. The van der Waals surface area contributed by atoms with Crippen molar-refractivity contribution in [3.8, 4) is 0 Å². The van der Waals surface area contributed by atoms with Crippen LogP contribution in [-0.2, 0) is 18.6 Å². The van der Waals surface area contributed by atoms with Crippen molar-refractivity contribution in [3.63, 3.8) is 0 Å². The van der Waals surface area contributed by atoms with Crippen molar-refractivity contribution in [2.45, 2.75) is 6.10 Å². The fourth-order valence-corrected chi connectivity index (χ4v) is 1.45. The van der Waals surface area contributed by atoms with Crippen LogP contribution in [0.15, 0.2) is 43.0 Å². The lowest BCUT2D eigenvalue weighted by Gasteiger charge is -2.14. The molecule has 1 aromatic carbocycles. The first-order valence-corrected chi connectivity index (χ1v) is 5.93. The molecule has 0 amide bonds. The minimum Gasteiger partial charge on any atom is -0.452 e.